The van der Waals surface area contributed by atoms with Gasteiger partial charge in [0.05, 0.1) is 19.3 Å². The Hall–Kier alpha value is -2.87. The summed E-state index contributed by atoms with van der Waals surface area (Å²) in [6.07, 6.45) is -0.556. The summed E-state index contributed by atoms with van der Waals surface area (Å²) < 4.78 is 50.3. The number of allylic oxidation sites excluding steroid dienone is 1. The second kappa shape index (κ2) is 16.5. The van der Waals surface area contributed by atoms with Crippen molar-refractivity contribution in [3.8, 4) is 0 Å². The molecule has 0 spiro atoms. The Morgan fingerprint density at radius 3 is 2.09 bits per heavy atom. The van der Waals surface area contributed by atoms with Crippen molar-refractivity contribution >= 4 is 0 Å². The lowest BCUT2D eigenvalue weighted by Gasteiger charge is -2.51. The molecule has 4 saturated heterocycles. The van der Waals surface area contributed by atoms with Gasteiger partial charge in [0.1, 0.15) is 36.6 Å². The number of hydrogen-bond donors (Lipinski definition) is 1. The van der Waals surface area contributed by atoms with Gasteiger partial charge in [0, 0.05) is 28.6 Å². The molecule has 4 fully saturated rings. The van der Waals surface area contributed by atoms with E-state index in [1.54, 1.807) is 0 Å². The van der Waals surface area contributed by atoms with Crippen molar-refractivity contribution in [1.29, 1.82) is 0 Å². The summed E-state index contributed by atoms with van der Waals surface area (Å²) in [5, 5.41) is 15.6. The van der Waals surface area contributed by atoms with E-state index in [-0.39, 0.29) is 19.1 Å². The average Bonchev–Trinajstić information content (AvgIpc) is 3.11. The Labute approximate surface area is 275 Å². The van der Waals surface area contributed by atoms with Gasteiger partial charge in [-0.25, -0.2) is 0 Å². The summed E-state index contributed by atoms with van der Waals surface area (Å²) in [4.78, 5) is 3.13. The maximum Gasteiger partial charge on any atom is 0.184 e. The molecule has 0 bridgehead atoms. The van der Waals surface area contributed by atoms with Crippen molar-refractivity contribution in [3.05, 3.63) is 94.9 Å². The van der Waals surface area contributed by atoms with Gasteiger partial charge in [0.2, 0.25) is 0 Å². The summed E-state index contributed by atoms with van der Waals surface area (Å²) in [5.41, 5.74) is 11.4. The lowest BCUT2D eigenvalue weighted by atomic mass is 9.89. The topological polar surface area (TPSA) is 143 Å². The zero-order valence-corrected chi connectivity index (χ0v) is 26.7. The minimum Gasteiger partial charge on any atom is -0.387 e. The molecule has 12 atom stereocenters. The second-order valence-corrected chi connectivity index (χ2v) is 12.4. The molecule has 2 aromatic carbocycles. The third-order valence-electron chi connectivity index (χ3n) is 9.22. The fourth-order valence-corrected chi connectivity index (χ4v) is 6.63. The van der Waals surface area contributed by atoms with E-state index in [4.69, 9.17) is 37.9 Å². The van der Waals surface area contributed by atoms with Gasteiger partial charge in [-0.05, 0) is 24.8 Å². The van der Waals surface area contributed by atoms with Crippen LogP contribution in [0.1, 0.15) is 62.7 Å². The number of fused-ring (bicyclic) bond motifs is 2. The highest BCUT2D eigenvalue weighted by Gasteiger charge is 2.54. The van der Waals surface area contributed by atoms with Crippen molar-refractivity contribution in [2.75, 3.05) is 19.8 Å². The van der Waals surface area contributed by atoms with E-state index < -0.39 is 67.8 Å². The van der Waals surface area contributed by atoms with Crippen LogP contribution in [0.25, 0.3) is 10.4 Å². The Kier molecular flexibility index (Phi) is 11.9. The third-order valence-corrected chi connectivity index (χ3v) is 9.22. The van der Waals surface area contributed by atoms with Crippen LogP contribution in [0.3, 0.4) is 0 Å². The number of nitrogens with zero attached hydrogens (tertiary/aromatic N) is 3. The molecule has 12 nitrogen and oxygen atoms in total. The number of ether oxygens (including phenoxy) is 8. The van der Waals surface area contributed by atoms with E-state index in [2.05, 4.69) is 16.6 Å². The van der Waals surface area contributed by atoms with Crippen molar-refractivity contribution in [2.45, 2.75) is 107 Å². The van der Waals surface area contributed by atoms with Crippen molar-refractivity contribution in [2.24, 2.45) is 11.0 Å². The molecule has 4 aliphatic rings. The molecule has 4 aliphatic heterocycles. The van der Waals surface area contributed by atoms with Gasteiger partial charge in [-0.3, -0.25) is 0 Å². The predicted octanol–water partition coefficient (Wildman–Crippen LogP) is 5.88. The highest BCUT2D eigenvalue weighted by atomic mass is 16.8. The van der Waals surface area contributed by atoms with Gasteiger partial charge in [0.25, 0.3) is 0 Å². The van der Waals surface area contributed by atoms with E-state index >= 15 is 0 Å². The zero-order chi connectivity index (χ0) is 32.6. The van der Waals surface area contributed by atoms with Gasteiger partial charge in [-0.1, -0.05) is 91.6 Å². The van der Waals surface area contributed by atoms with Crippen LogP contribution in [0.15, 0.2) is 78.4 Å². The summed E-state index contributed by atoms with van der Waals surface area (Å²) in [6.45, 7) is 6.55. The van der Waals surface area contributed by atoms with Crippen LogP contribution >= 0.6 is 0 Å². The Bertz CT molecular complexity index is 1310. The van der Waals surface area contributed by atoms with Crippen LogP contribution in [-0.2, 0) is 37.9 Å². The summed E-state index contributed by atoms with van der Waals surface area (Å²) in [6, 6.07) is 18.3. The fraction of sp³-hybridized carbons (Fsp3) is 0.600. The van der Waals surface area contributed by atoms with Crippen LogP contribution < -0.4 is 0 Å². The highest BCUT2D eigenvalue weighted by Crippen LogP contribution is 2.41. The molecule has 6 unspecified atom stereocenters. The summed E-state index contributed by atoms with van der Waals surface area (Å²) >= 11 is 0. The van der Waals surface area contributed by atoms with Crippen molar-refractivity contribution < 1.29 is 43.0 Å². The fourth-order valence-electron chi connectivity index (χ4n) is 6.63. The lowest BCUT2D eigenvalue weighted by molar-refractivity contribution is -0.388. The predicted molar refractivity (Wildman–Crippen MR) is 170 cm³/mol. The first-order valence-electron chi connectivity index (χ1n) is 16.6. The van der Waals surface area contributed by atoms with E-state index in [1.807, 2.05) is 73.7 Å². The van der Waals surface area contributed by atoms with Gasteiger partial charge < -0.3 is 43.0 Å². The van der Waals surface area contributed by atoms with Gasteiger partial charge in [-0.15, -0.1) is 6.58 Å². The molecule has 12 heteroatoms. The van der Waals surface area contributed by atoms with E-state index in [0.717, 1.165) is 43.2 Å². The molecule has 254 valence electrons. The largest absolute Gasteiger partial charge is 0.387 e. The van der Waals surface area contributed by atoms with E-state index in [9.17, 15) is 10.6 Å². The molecule has 47 heavy (non-hydrogen) atoms. The number of benzene rings is 2. The number of unbranched alkanes of at least 4 members (excludes halogenated alkanes) is 4. The van der Waals surface area contributed by atoms with Gasteiger partial charge in [-0.2, -0.15) is 0 Å². The minimum absolute atomic E-state index is 0.201. The van der Waals surface area contributed by atoms with Crippen LogP contribution in [0.2, 0.25) is 0 Å². The maximum atomic E-state index is 11.5. The second-order valence-electron chi connectivity index (χ2n) is 12.4. The standard InChI is InChI=1S/C35H45N3O9/c1-3-4-5-6-7-14-19-40-34-27(37-38-36)31(30-26(43-34)21-42-33(46-30)24-17-12-9-13-18-24)47-35-28(39)22(2)29-25(44-35)20-41-32(45-29)23-15-10-8-11-16-23/h3,8-13,15-18,22,25-35,39H,1,4-7,14,19-21H2,2H3/t22-,25?,26?,27?,28?,29-,30+,31-,32?,33?,34-,35+/m1/s1. The lowest BCUT2D eigenvalue weighted by Crippen LogP contribution is -2.65. The van der Waals surface area contributed by atoms with Crippen LogP contribution in [0.5, 0.6) is 0 Å². The number of azide groups is 1. The molecule has 6 rings (SSSR count). The monoisotopic (exact) mass is 651 g/mol. The molecule has 4 heterocycles. The van der Waals surface area contributed by atoms with Crippen LogP contribution in [0.4, 0.5) is 0 Å². The first kappa shape index (κ1) is 34.0. The average molecular weight is 652 g/mol. The Morgan fingerprint density at radius 1 is 0.851 bits per heavy atom. The molecule has 1 N–H and O–H groups in total. The normalized spacial score (nSPS) is 36.8. The van der Waals surface area contributed by atoms with Crippen molar-refractivity contribution in [1.82, 2.24) is 0 Å². The van der Waals surface area contributed by atoms with Gasteiger partial charge >= 0.3 is 0 Å². The third kappa shape index (κ3) is 8.06. The molecule has 0 aromatic heterocycles. The zero-order valence-electron chi connectivity index (χ0n) is 26.7. The van der Waals surface area contributed by atoms with Crippen molar-refractivity contribution in [3.63, 3.8) is 0 Å². The first-order chi connectivity index (χ1) is 23.1. The van der Waals surface area contributed by atoms with E-state index in [1.165, 1.54) is 0 Å². The van der Waals surface area contributed by atoms with Gasteiger partial charge in [0.15, 0.2) is 25.2 Å². The molecule has 0 radical (unpaired) electrons. The molecular weight excluding hydrogens is 606 g/mol. The SMILES string of the molecule is C=CCCCCCCO[C@@H]1OC2COC(c3ccccc3)O[C@@H]2[C@H](O[C@@H]2OC3COC(c4ccccc4)O[C@@H]3[C@H](C)C2O)C1N=[N+]=[N-]. The summed E-state index contributed by atoms with van der Waals surface area (Å²) in [7, 11) is 0. The first-order valence-corrected chi connectivity index (χ1v) is 16.6. The maximum absolute atomic E-state index is 11.5. The number of aliphatic hydroxyl groups is 1. The summed E-state index contributed by atoms with van der Waals surface area (Å²) in [5.74, 6) is -0.358. The van der Waals surface area contributed by atoms with Crippen LogP contribution in [-0.4, -0.2) is 80.2 Å². The smallest absolute Gasteiger partial charge is 0.184 e. The number of rotatable bonds is 13. The quantitative estimate of drug-likeness (QED) is 0.0924. The Morgan fingerprint density at radius 2 is 1.45 bits per heavy atom. The number of aliphatic hydroxyl groups excluding tert-OH is 1. The van der Waals surface area contributed by atoms with Crippen LogP contribution in [0, 0.1) is 5.92 Å². The Balaban J connectivity index is 1.19. The number of hydrogen-bond acceptors (Lipinski definition) is 10. The molecule has 0 amide bonds. The molecular formula is C35H45N3O9. The van der Waals surface area contributed by atoms with E-state index in [0.29, 0.717) is 6.61 Å². The molecule has 0 saturated carbocycles. The highest BCUT2D eigenvalue weighted by molar-refractivity contribution is 5.18. The molecule has 0 aliphatic carbocycles. The molecule has 2 aromatic rings. The minimum atomic E-state index is -1.08.